The number of fused-ring (bicyclic) bond motifs is 1. The van der Waals surface area contributed by atoms with Crippen LogP contribution in [-0.4, -0.2) is 40.7 Å². The van der Waals surface area contributed by atoms with Gasteiger partial charge in [0.2, 0.25) is 0 Å². The van der Waals surface area contributed by atoms with E-state index >= 15 is 0 Å². The molecule has 6 heteroatoms. The summed E-state index contributed by atoms with van der Waals surface area (Å²) in [5.41, 5.74) is 3.00. The van der Waals surface area contributed by atoms with E-state index in [-0.39, 0.29) is 0 Å². The zero-order valence-corrected chi connectivity index (χ0v) is 17.7. The van der Waals surface area contributed by atoms with Crippen LogP contribution in [0, 0.1) is 5.92 Å². The highest BCUT2D eigenvalue weighted by Gasteiger charge is 2.25. The second-order valence-corrected chi connectivity index (χ2v) is 8.31. The number of amides is 1. The van der Waals surface area contributed by atoms with Gasteiger partial charge in [-0.05, 0) is 42.9 Å². The molecule has 1 aliphatic heterocycles. The average Bonchev–Trinajstić information content (AvgIpc) is 3.34. The van der Waals surface area contributed by atoms with Crippen LogP contribution in [0.15, 0.2) is 22.6 Å². The van der Waals surface area contributed by atoms with E-state index in [4.69, 9.17) is 9.52 Å². The molecule has 2 aromatic rings. The SMILES string of the molecule is CCCCCCCCCCc1ccc2oc(NC[C@@H]3CCN(C(=O)O)C3)nc2c1. The number of nitrogens with one attached hydrogen (secondary N) is 1. The van der Waals surface area contributed by atoms with Gasteiger partial charge in [0.25, 0.3) is 6.01 Å². The third kappa shape index (κ3) is 6.65. The summed E-state index contributed by atoms with van der Waals surface area (Å²) < 4.78 is 5.79. The van der Waals surface area contributed by atoms with E-state index < -0.39 is 6.09 Å². The summed E-state index contributed by atoms with van der Waals surface area (Å²) in [6.07, 6.45) is 11.8. The second-order valence-electron chi connectivity index (χ2n) is 8.31. The molecule has 1 fully saturated rings. The van der Waals surface area contributed by atoms with Crippen molar-refractivity contribution in [3.05, 3.63) is 23.8 Å². The highest BCUT2D eigenvalue weighted by molar-refractivity contribution is 5.75. The zero-order valence-electron chi connectivity index (χ0n) is 17.7. The first-order valence-corrected chi connectivity index (χ1v) is 11.3. The van der Waals surface area contributed by atoms with Gasteiger partial charge in [-0.25, -0.2) is 4.79 Å². The Kier molecular flexibility index (Phi) is 8.20. The lowest BCUT2D eigenvalue weighted by atomic mass is 10.0. The number of hydrogen-bond donors (Lipinski definition) is 2. The van der Waals surface area contributed by atoms with E-state index in [1.165, 1.54) is 61.8 Å². The molecule has 0 bridgehead atoms. The predicted octanol–water partition coefficient (Wildman–Crippen LogP) is 5.92. The first kappa shape index (κ1) is 21.5. The van der Waals surface area contributed by atoms with Gasteiger partial charge in [0.15, 0.2) is 5.58 Å². The third-order valence-electron chi connectivity index (χ3n) is 5.87. The number of unbranched alkanes of at least 4 members (excludes halogenated alkanes) is 7. The van der Waals surface area contributed by atoms with Crippen molar-refractivity contribution in [3.8, 4) is 0 Å². The molecule has 0 radical (unpaired) electrons. The highest BCUT2D eigenvalue weighted by atomic mass is 16.4. The van der Waals surface area contributed by atoms with E-state index in [2.05, 4.69) is 29.4 Å². The van der Waals surface area contributed by atoms with Gasteiger partial charge in [-0.2, -0.15) is 4.98 Å². The minimum atomic E-state index is -0.835. The van der Waals surface area contributed by atoms with E-state index in [0.717, 1.165) is 23.9 Å². The fourth-order valence-corrected chi connectivity index (χ4v) is 4.07. The summed E-state index contributed by atoms with van der Waals surface area (Å²) in [4.78, 5) is 17.0. The molecule has 1 saturated heterocycles. The lowest BCUT2D eigenvalue weighted by Gasteiger charge is -2.12. The fourth-order valence-electron chi connectivity index (χ4n) is 4.07. The Labute approximate surface area is 173 Å². The lowest BCUT2D eigenvalue weighted by molar-refractivity contribution is 0.154. The number of rotatable bonds is 12. The van der Waals surface area contributed by atoms with E-state index in [0.29, 0.717) is 31.6 Å². The Hall–Kier alpha value is -2.24. The van der Waals surface area contributed by atoms with Crippen molar-refractivity contribution >= 4 is 23.2 Å². The molecule has 2 heterocycles. The van der Waals surface area contributed by atoms with Gasteiger partial charge in [-0.1, -0.05) is 57.9 Å². The van der Waals surface area contributed by atoms with Crippen molar-refractivity contribution in [1.82, 2.24) is 9.88 Å². The van der Waals surface area contributed by atoms with Crippen LogP contribution < -0.4 is 5.32 Å². The molecule has 1 amide bonds. The molecule has 1 atom stereocenters. The number of likely N-dealkylation sites (tertiary alicyclic amines) is 1. The molecule has 0 spiro atoms. The third-order valence-corrected chi connectivity index (χ3v) is 5.87. The van der Waals surface area contributed by atoms with Crippen molar-refractivity contribution in [2.24, 2.45) is 5.92 Å². The predicted molar refractivity (Wildman–Crippen MR) is 117 cm³/mol. The summed E-state index contributed by atoms with van der Waals surface area (Å²) in [6, 6.07) is 6.81. The molecule has 160 valence electrons. The van der Waals surface area contributed by atoms with Gasteiger partial charge in [-0.3, -0.25) is 0 Å². The van der Waals surface area contributed by atoms with Crippen LogP contribution in [0.5, 0.6) is 0 Å². The van der Waals surface area contributed by atoms with E-state index in [1.54, 1.807) is 0 Å². The number of nitrogens with zero attached hydrogens (tertiary/aromatic N) is 2. The summed E-state index contributed by atoms with van der Waals surface area (Å²) >= 11 is 0. The molecule has 0 unspecified atom stereocenters. The maximum absolute atomic E-state index is 11.0. The minimum absolute atomic E-state index is 0.304. The van der Waals surface area contributed by atoms with Crippen molar-refractivity contribution in [2.75, 3.05) is 25.0 Å². The Bertz CT molecular complexity index is 774. The molecule has 1 aliphatic rings. The van der Waals surface area contributed by atoms with Crippen LogP contribution in [0.3, 0.4) is 0 Å². The Balaban J connectivity index is 1.40. The summed E-state index contributed by atoms with van der Waals surface area (Å²) in [7, 11) is 0. The normalized spacial score (nSPS) is 16.6. The van der Waals surface area contributed by atoms with Gasteiger partial charge in [0, 0.05) is 19.6 Å². The fraction of sp³-hybridized carbons (Fsp3) is 0.652. The van der Waals surface area contributed by atoms with Crippen molar-refractivity contribution in [3.63, 3.8) is 0 Å². The van der Waals surface area contributed by atoms with Crippen LogP contribution in [0.4, 0.5) is 10.8 Å². The molecule has 0 saturated carbocycles. The maximum Gasteiger partial charge on any atom is 0.407 e. The van der Waals surface area contributed by atoms with Crippen LogP contribution >= 0.6 is 0 Å². The lowest BCUT2D eigenvalue weighted by Crippen LogP contribution is -2.27. The second kappa shape index (κ2) is 11.1. The minimum Gasteiger partial charge on any atom is -0.465 e. The van der Waals surface area contributed by atoms with Crippen LogP contribution in [0.25, 0.3) is 11.1 Å². The number of aromatic nitrogens is 1. The number of benzene rings is 1. The number of carboxylic acid groups (broad SMARTS) is 1. The number of oxazole rings is 1. The molecule has 1 aromatic heterocycles. The molecule has 1 aromatic carbocycles. The van der Waals surface area contributed by atoms with E-state index in [9.17, 15) is 4.79 Å². The number of hydrogen-bond acceptors (Lipinski definition) is 4. The van der Waals surface area contributed by atoms with Crippen LogP contribution in [0.2, 0.25) is 0 Å². The molecule has 2 N–H and O–H groups in total. The van der Waals surface area contributed by atoms with Crippen molar-refractivity contribution in [2.45, 2.75) is 71.1 Å². The molecular formula is C23H35N3O3. The number of anilines is 1. The van der Waals surface area contributed by atoms with E-state index in [1.807, 2.05) is 6.07 Å². The van der Waals surface area contributed by atoms with Crippen molar-refractivity contribution < 1.29 is 14.3 Å². The quantitative estimate of drug-likeness (QED) is 0.431. The molecular weight excluding hydrogens is 366 g/mol. The van der Waals surface area contributed by atoms with Crippen LogP contribution in [-0.2, 0) is 6.42 Å². The van der Waals surface area contributed by atoms with Crippen molar-refractivity contribution in [1.29, 1.82) is 0 Å². The van der Waals surface area contributed by atoms with Crippen LogP contribution in [0.1, 0.15) is 70.3 Å². The smallest absolute Gasteiger partial charge is 0.407 e. The van der Waals surface area contributed by atoms with Gasteiger partial charge >= 0.3 is 6.09 Å². The summed E-state index contributed by atoms with van der Waals surface area (Å²) in [5, 5.41) is 12.3. The molecule has 29 heavy (non-hydrogen) atoms. The molecule has 6 nitrogen and oxygen atoms in total. The molecule has 0 aliphatic carbocycles. The number of carbonyl (C=O) groups is 1. The summed E-state index contributed by atoms with van der Waals surface area (Å²) in [6.45, 7) is 4.12. The van der Waals surface area contributed by atoms with Gasteiger partial charge in [-0.15, -0.1) is 0 Å². The Morgan fingerprint density at radius 3 is 2.69 bits per heavy atom. The maximum atomic E-state index is 11.0. The van der Waals surface area contributed by atoms with Gasteiger partial charge in [0.05, 0.1) is 0 Å². The Morgan fingerprint density at radius 2 is 1.97 bits per heavy atom. The highest BCUT2D eigenvalue weighted by Crippen LogP contribution is 2.23. The van der Waals surface area contributed by atoms with Gasteiger partial charge < -0.3 is 19.7 Å². The topological polar surface area (TPSA) is 78.6 Å². The largest absolute Gasteiger partial charge is 0.465 e. The Morgan fingerprint density at radius 1 is 1.21 bits per heavy atom. The zero-order chi connectivity index (χ0) is 20.5. The van der Waals surface area contributed by atoms with Gasteiger partial charge in [0.1, 0.15) is 5.52 Å². The number of aryl methyl sites for hydroxylation is 1. The molecule has 3 rings (SSSR count). The first-order chi connectivity index (χ1) is 14.2. The standard InChI is InChI=1S/C23H35N3O3/c1-2-3-4-5-6-7-8-9-10-18-11-12-21-20(15-18)25-22(29-21)24-16-19-13-14-26(17-19)23(27)28/h11-12,15,19H,2-10,13-14,16-17H2,1H3,(H,24,25)(H,27,28)/t19-/m0/s1. The monoisotopic (exact) mass is 401 g/mol. The average molecular weight is 402 g/mol. The summed E-state index contributed by atoms with van der Waals surface area (Å²) in [5.74, 6) is 0.304. The first-order valence-electron chi connectivity index (χ1n) is 11.3.